The zero-order chi connectivity index (χ0) is 17.7. The summed E-state index contributed by atoms with van der Waals surface area (Å²) in [5.74, 6) is 1.31. The number of anilines is 1. The molecule has 0 saturated carbocycles. The number of carbonyl (C=O) groups is 1. The van der Waals surface area contributed by atoms with Crippen molar-refractivity contribution in [2.24, 2.45) is 4.99 Å². The molecule has 0 bridgehead atoms. The second kappa shape index (κ2) is 8.24. The van der Waals surface area contributed by atoms with Crippen LogP contribution in [-0.2, 0) is 14.8 Å². The molecule has 1 aliphatic rings. The molecule has 0 spiro atoms. The van der Waals surface area contributed by atoms with Crippen molar-refractivity contribution in [3.05, 3.63) is 18.2 Å². The molecule has 24 heavy (non-hydrogen) atoms. The molecule has 10 heteroatoms. The van der Waals surface area contributed by atoms with Gasteiger partial charge in [0.05, 0.1) is 30.0 Å². The summed E-state index contributed by atoms with van der Waals surface area (Å²) in [5.41, 5.74) is 0.326. The Morgan fingerprint density at radius 1 is 1.46 bits per heavy atom. The van der Waals surface area contributed by atoms with Crippen molar-refractivity contribution in [3.63, 3.8) is 0 Å². The minimum absolute atomic E-state index is 0.0898. The van der Waals surface area contributed by atoms with Crippen molar-refractivity contribution >= 4 is 49.5 Å². The van der Waals surface area contributed by atoms with Crippen LogP contribution in [-0.4, -0.2) is 62.3 Å². The lowest BCUT2D eigenvalue weighted by atomic mass is 10.3. The summed E-state index contributed by atoms with van der Waals surface area (Å²) in [6.45, 7) is 0.785. The van der Waals surface area contributed by atoms with Crippen molar-refractivity contribution in [2.45, 2.75) is 4.90 Å². The molecule has 0 radical (unpaired) electrons. The average Bonchev–Trinajstić information content (AvgIpc) is 3.06. The van der Waals surface area contributed by atoms with Crippen molar-refractivity contribution in [1.29, 1.82) is 0 Å². The number of aliphatic imine (C=N–C) groups is 1. The molecule has 0 aromatic heterocycles. The lowest BCUT2D eigenvalue weighted by Gasteiger charge is -2.15. The number of hydrogen-bond acceptors (Lipinski definition) is 7. The molecule has 1 aromatic carbocycles. The zero-order valence-electron chi connectivity index (χ0n) is 13.6. The standard InChI is InChI=1S/C14H19N3O4S3/c1-17(2)24(19,20)10-4-5-12(21-3)11(8-10)16-13(18)9-23-14-15-6-7-22-14/h4-5,8H,6-7,9H2,1-3H3,(H,16,18). The van der Waals surface area contributed by atoms with Crippen LogP contribution in [0.25, 0.3) is 0 Å². The molecule has 1 aromatic rings. The van der Waals surface area contributed by atoms with Gasteiger partial charge in [0.25, 0.3) is 0 Å². The average molecular weight is 390 g/mol. The first-order chi connectivity index (χ1) is 11.3. The van der Waals surface area contributed by atoms with Gasteiger partial charge in [0.1, 0.15) is 10.1 Å². The van der Waals surface area contributed by atoms with E-state index in [1.165, 1.54) is 51.2 Å². The number of methoxy groups -OCH3 is 1. The minimum atomic E-state index is -3.59. The maximum atomic E-state index is 12.2. The highest BCUT2D eigenvalue weighted by molar-refractivity contribution is 8.39. The number of rotatable bonds is 6. The van der Waals surface area contributed by atoms with E-state index < -0.39 is 10.0 Å². The minimum Gasteiger partial charge on any atom is -0.495 e. The summed E-state index contributed by atoms with van der Waals surface area (Å²) >= 11 is 3.00. The van der Waals surface area contributed by atoms with Gasteiger partial charge in [-0.2, -0.15) is 0 Å². The highest BCUT2D eigenvalue weighted by Crippen LogP contribution is 2.29. The molecule has 7 nitrogen and oxygen atoms in total. The number of amides is 1. The topological polar surface area (TPSA) is 88.1 Å². The van der Waals surface area contributed by atoms with E-state index in [-0.39, 0.29) is 16.6 Å². The lowest BCUT2D eigenvalue weighted by Crippen LogP contribution is -2.22. The third kappa shape index (κ3) is 4.65. The molecular formula is C14H19N3O4S3. The van der Waals surface area contributed by atoms with Crippen molar-refractivity contribution < 1.29 is 17.9 Å². The Morgan fingerprint density at radius 3 is 2.79 bits per heavy atom. The van der Waals surface area contributed by atoms with E-state index in [1.54, 1.807) is 11.8 Å². The molecule has 1 N–H and O–H groups in total. The maximum Gasteiger partial charge on any atom is 0.242 e. The molecule has 1 aliphatic heterocycles. The molecule has 0 saturated heterocycles. The predicted octanol–water partition coefficient (Wildman–Crippen LogP) is 1.72. The van der Waals surface area contributed by atoms with Gasteiger partial charge in [-0.25, -0.2) is 12.7 Å². The predicted molar refractivity (Wildman–Crippen MR) is 99.7 cm³/mol. The first-order valence-corrected chi connectivity index (χ1v) is 10.5. The zero-order valence-corrected chi connectivity index (χ0v) is 16.1. The van der Waals surface area contributed by atoms with Gasteiger partial charge >= 0.3 is 0 Å². The fourth-order valence-electron chi connectivity index (χ4n) is 1.87. The number of hydrogen-bond donors (Lipinski definition) is 1. The third-order valence-electron chi connectivity index (χ3n) is 3.11. The first kappa shape index (κ1) is 19.1. The summed E-state index contributed by atoms with van der Waals surface area (Å²) in [4.78, 5) is 16.5. The van der Waals surface area contributed by atoms with E-state index in [9.17, 15) is 13.2 Å². The molecular weight excluding hydrogens is 370 g/mol. The van der Waals surface area contributed by atoms with Gasteiger partial charge in [-0.3, -0.25) is 9.79 Å². The summed E-state index contributed by atoms with van der Waals surface area (Å²) < 4.78 is 31.7. The normalized spacial score (nSPS) is 14.6. The molecule has 2 rings (SSSR count). The van der Waals surface area contributed by atoms with E-state index in [1.807, 2.05) is 0 Å². The molecule has 0 aliphatic carbocycles. The molecule has 1 amide bonds. The number of nitrogens with zero attached hydrogens (tertiary/aromatic N) is 2. The van der Waals surface area contributed by atoms with Gasteiger partial charge < -0.3 is 10.1 Å². The van der Waals surface area contributed by atoms with Crippen LogP contribution in [0.3, 0.4) is 0 Å². The fraction of sp³-hybridized carbons (Fsp3) is 0.429. The van der Waals surface area contributed by atoms with Gasteiger partial charge in [-0.15, -0.1) is 0 Å². The third-order valence-corrected chi connectivity index (χ3v) is 7.17. The van der Waals surface area contributed by atoms with Crippen molar-refractivity contribution in [2.75, 3.05) is 44.6 Å². The van der Waals surface area contributed by atoms with E-state index in [4.69, 9.17) is 4.74 Å². The van der Waals surface area contributed by atoms with E-state index in [0.29, 0.717) is 11.4 Å². The van der Waals surface area contributed by atoms with Crippen molar-refractivity contribution in [1.82, 2.24) is 4.31 Å². The van der Waals surface area contributed by atoms with Gasteiger partial charge in [0.2, 0.25) is 15.9 Å². The second-order valence-corrected chi connectivity index (χ2v) is 9.44. The van der Waals surface area contributed by atoms with Gasteiger partial charge in [0, 0.05) is 19.8 Å². The highest BCUT2D eigenvalue weighted by Gasteiger charge is 2.20. The Hall–Kier alpha value is -1.23. The molecule has 132 valence electrons. The Balaban J connectivity index is 2.13. The monoisotopic (exact) mass is 389 g/mol. The highest BCUT2D eigenvalue weighted by atomic mass is 32.2. The number of carbonyl (C=O) groups excluding carboxylic acids is 1. The van der Waals surface area contributed by atoms with Crippen molar-refractivity contribution in [3.8, 4) is 5.75 Å². The molecule has 0 unspecified atom stereocenters. The molecule has 1 heterocycles. The van der Waals surface area contributed by atoms with E-state index >= 15 is 0 Å². The largest absolute Gasteiger partial charge is 0.495 e. The SMILES string of the molecule is COc1ccc(S(=O)(=O)N(C)C)cc1NC(=O)CSC1=NCCS1. The van der Waals surface area contributed by atoms with Crippen LogP contribution in [0.2, 0.25) is 0 Å². The Morgan fingerprint density at radius 2 is 2.21 bits per heavy atom. The van der Waals surface area contributed by atoms with E-state index in [0.717, 1.165) is 21.0 Å². The van der Waals surface area contributed by atoms with Crippen LogP contribution in [0.15, 0.2) is 28.1 Å². The lowest BCUT2D eigenvalue weighted by molar-refractivity contribution is -0.113. The van der Waals surface area contributed by atoms with Crippen LogP contribution in [0, 0.1) is 0 Å². The summed E-state index contributed by atoms with van der Waals surface area (Å²) in [7, 11) is 0.781. The Kier molecular flexibility index (Phi) is 6.55. The molecule has 0 atom stereocenters. The fourth-order valence-corrected chi connectivity index (χ4v) is 4.61. The number of nitrogens with one attached hydrogen (secondary N) is 1. The first-order valence-electron chi connectivity index (χ1n) is 7.05. The van der Waals surface area contributed by atoms with Gasteiger partial charge in [-0.1, -0.05) is 23.5 Å². The van der Waals surface area contributed by atoms with Gasteiger partial charge in [0.15, 0.2) is 0 Å². The van der Waals surface area contributed by atoms with Crippen LogP contribution in [0.5, 0.6) is 5.75 Å². The number of sulfonamides is 1. The summed E-state index contributed by atoms with van der Waals surface area (Å²) in [6, 6.07) is 4.37. The maximum absolute atomic E-state index is 12.2. The van der Waals surface area contributed by atoms with Crippen LogP contribution < -0.4 is 10.1 Å². The van der Waals surface area contributed by atoms with Crippen LogP contribution in [0.1, 0.15) is 0 Å². The Labute approximate surface area is 150 Å². The van der Waals surface area contributed by atoms with Gasteiger partial charge in [-0.05, 0) is 18.2 Å². The number of ether oxygens (including phenoxy) is 1. The second-order valence-electron chi connectivity index (χ2n) is 4.98. The van der Waals surface area contributed by atoms with Crippen LogP contribution >= 0.6 is 23.5 Å². The number of benzene rings is 1. The van der Waals surface area contributed by atoms with Crippen LogP contribution in [0.4, 0.5) is 5.69 Å². The van der Waals surface area contributed by atoms with E-state index in [2.05, 4.69) is 10.3 Å². The number of thioether (sulfide) groups is 2. The quantitative estimate of drug-likeness (QED) is 0.797. The smallest absolute Gasteiger partial charge is 0.242 e. The summed E-state index contributed by atoms with van der Waals surface area (Å²) in [5, 5.41) is 2.70. The summed E-state index contributed by atoms with van der Waals surface area (Å²) in [6.07, 6.45) is 0. The molecule has 0 fully saturated rings. The Bertz CT molecular complexity index is 748.